The Balaban J connectivity index is 2.18. The number of imidazole rings is 1. The van der Waals surface area contributed by atoms with Crippen molar-refractivity contribution in [3.8, 4) is 0 Å². The summed E-state index contributed by atoms with van der Waals surface area (Å²) in [6.07, 6.45) is 0.383. The molecule has 20 heavy (non-hydrogen) atoms. The first kappa shape index (κ1) is 14.7. The van der Waals surface area contributed by atoms with Gasteiger partial charge in [0.05, 0.1) is 5.52 Å². The Morgan fingerprint density at radius 3 is 2.80 bits per heavy atom. The van der Waals surface area contributed by atoms with Gasteiger partial charge in [-0.05, 0) is 52.0 Å². The lowest BCUT2D eigenvalue weighted by atomic mass is 10.1. The van der Waals surface area contributed by atoms with Gasteiger partial charge in [-0.15, -0.1) is 0 Å². The van der Waals surface area contributed by atoms with Crippen LogP contribution >= 0.6 is 12.2 Å². The summed E-state index contributed by atoms with van der Waals surface area (Å²) in [4.78, 5) is 19.5. The second-order valence-corrected chi connectivity index (χ2v) is 6.34. The van der Waals surface area contributed by atoms with Gasteiger partial charge in [0, 0.05) is 24.2 Å². The highest BCUT2D eigenvalue weighted by molar-refractivity contribution is 7.71. The van der Waals surface area contributed by atoms with Crippen LogP contribution in [0.15, 0.2) is 12.1 Å². The molecule has 5 nitrogen and oxygen atoms in total. The number of amides is 1. The smallest absolute Gasteiger partial charge is 0.222 e. The fourth-order valence-corrected chi connectivity index (χ4v) is 2.31. The second kappa shape index (κ2) is 5.36. The molecule has 1 amide bonds. The van der Waals surface area contributed by atoms with E-state index in [4.69, 9.17) is 12.2 Å². The summed E-state index contributed by atoms with van der Waals surface area (Å²) in [5, 5.41) is 2.94. The van der Waals surface area contributed by atoms with Gasteiger partial charge < -0.3 is 14.9 Å². The van der Waals surface area contributed by atoms with Crippen molar-refractivity contribution < 1.29 is 4.79 Å². The van der Waals surface area contributed by atoms with E-state index in [1.54, 1.807) is 0 Å². The molecule has 0 aliphatic heterocycles. The minimum Gasteiger partial charge on any atom is -0.351 e. The zero-order valence-corrected chi connectivity index (χ0v) is 13.1. The minimum atomic E-state index is -0.215. The number of aromatic nitrogens is 3. The zero-order chi connectivity index (χ0) is 14.9. The van der Waals surface area contributed by atoms with Crippen LogP contribution in [-0.2, 0) is 11.3 Å². The monoisotopic (exact) mass is 292 g/mol. The maximum atomic E-state index is 11.9. The van der Waals surface area contributed by atoms with Gasteiger partial charge in [-0.25, -0.2) is 4.98 Å². The predicted molar refractivity (Wildman–Crippen MR) is 82.2 cm³/mol. The van der Waals surface area contributed by atoms with Crippen molar-refractivity contribution >= 4 is 29.3 Å². The number of pyridine rings is 1. The molecule has 2 aromatic rings. The molecule has 0 atom stereocenters. The molecule has 0 aliphatic carbocycles. The van der Waals surface area contributed by atoms with Crippen LogP contribution in [0, 0.1) is 11.7 Å². The van der Waals surface area contributed by atoms with Crippen molar-refractivity contribution in [1.82, 2.24) is 19.9 Å². The van der Waals surface area contributed by atoms with Gasteiger partial charge in [-0.1, -0.05) is 0 Å². The van der Waals surface area contributed by atoms with Crippen LogP contribution in [0.3, 0.4) is 0 Å². The van der Waals surface area contributed by atoms with Crippen molar-refractivity contribution in [1.29, 1.82) is 0 Å². The summed E-state index contributed by atoms with van der Waals surface area (Å²) in [6.45, 7) is 8.36. The highest BCUT2D eigenvalue weighted by atomic mass is 32.1. The summed E-state index contributed by atoms with van der Waals surface area (Å²) >= 11 is 5.29. The lowest BCUT2D eigenvalue weighted by Gasteiger charge is -2.20. The molecule has 2 aromatic heterocycles. The molecule has 0 spiro atoms. The van der Waals surface area contributed by atoms with E-state index in [0.29, 0.717) is 17.7 Å². The Hall–Kier alpha value is -1.69. The number of carbonyl (C=O) groups is 1. The summed E-state index contributed by atoms with van der Waals surface area (Å²) in [5.74, 6) is 0.0152. The average molecular weight is 292 g/mol. The molecule has 2 heterocycles. The topological polar surface area (TPSA) is 62.7 Å². The van der Waals surface area contributed by atoms with Crippen molar-refractivity contribution in [2.45, 2.75) is 46.2 Å². The highest BCUT2D eigenvalue weighted by Crippen LogP contribution is 2.13. The van der Waals surface area contributed by atoms with Gasteiger partial charge in [0.15, 0.2) is 10.4 Å². The highest BCUT2D eigenvalue weighted by Gasteiger charge is 2.14. The fourth-order valence-electron chi connectivity index (χ4n) is 2.03. The van der Waals surface area contributed by atoms with Gasteiger partial charge in [0.2, 0.25) is 5.91 Å². The Labute approximate surface area is 123 Å². The molecule has 108 valence electrons. The van der Waals surface area contributed by atoms with E-state index in [0.717, 1.165) is 16.9 Å². The van der Waals surface area contributed by atoms with E-state index < -0.39 is 0 Å². The van der Waals surface area contributed by atoms with Crippen LogP contribution in [0.25, 0.3) is 11.2 Å². The van der Waals surface area contributed by atoms with Gasteiger partial charge in [0.1, 0.15) is 0 Å². The third kappa shape index (κ3) is 3.45. The molecule has 0 bridgehead atoms. The molecule has 0 fully saturated rings. The first-order chi connectivity index (χ1) is 9.26. The number of fused-ring (bicyclic) bond motifs is 1. The third-order valence-corrected chi connectivity index (χ3v) is 3.16. The first-order valence-corrected chi connectivity index (χ1v) is 7.04. The molecule has 0 aliphatic rings. The van der Waals surface area contributed by atoms with Gasteiger partial charge >= 0.3 is 0 Å². The number of aromatic amines is 1. The molecular formula is C14H20N4OS. The van der Waals surface area contributed by atoms with E-state index in [1.807, 2.05) is 44.4 Å². The van der Waals surface area contributed by atoms with E-state index in [9.17, 15) is 4.79 Å². The lowest BCUT2D eigenvalue weighted by Crippen LogP contribution is -2.40. The first-order valence-electron chi connectivity index (χ1n) is 6.63. The minimum absolute atomic E-state index is 0.0152. The lowest BCUT2D eigenvalue weighted by molar-refractivity contribution is -0.122. The van der Waals surface area contributed by atoms with E-state index >= 15 is 0 Å². The Kier molecular flexibility index (Phi) is 3.94. The summed E-state index contributed by atoms with van der Waals surface area (Å²) in [7, 11) is 0. The molecule has 0 radical (unpaired) electrons. The SMILES string of the molecule is Cc1ccc2[nH]c(=S)n(CCC(=O)NC(C)(C)C)c2n1. The van der Waals surface area contributed by atoms with Crippen LogP contribution in [0.1, 0.15) is 32.9 Å². The number of rotatable bonds is 3. The molecule has 0 saturated heterocycles. The normalized spacial score (nSPS) is 11.8. The van der Waals surface area contributed by atoms with Crippen molar-refractivity contribution in [2.24, 2.45) is 0 Å². The maximum absolute atomic E-state index is 11.9. The Morgan fingerprint density at radius 1 is 1.45 bits per heavy atom. The van der Waals surface area contributed by atoms with Crippen molar-refractivity contribution in [2.75, 3.05) is 0 Å². The van der Waals surface area contributed by atoms with Gasteiger partial charge in [-0.2, -0.15) is 0 Å². The second-order valence-electron chi connectivity index (χ2n) is 5.95. The molecule has 2 N–H and O–H groups in total. The van der Waals surface area contributed by atoms with Gasteiger partial charge in [-0.3, -0.25) is 4.79 Å². The number of H-pyrrole nitrogens is 1. The number of carbonyl (C=O) groups excluding carboxylic acids is 1. The molecule has 6 heteroatoms. The summed E-state index contributed by atoms with van der Waals surface area (Å²) < 4.78 is 2.47. The van der Waals surface area contributed by atoms with E-state index in [1.165, 1.54) is 0 Å². The Bertz CT molecular complexity index is 693. The third-order valence-electron chi connectivity index (χ3n) is 2.83. The quantitative estimate of drug-likeness (QED) is 0.855. The maximum Gasteiger partial charge on any atom is 0.222 e. The van der Waals surface area contributed by atoms with Crippen LogP contribution in [0.4, 0.5) is 0 Å². The van der Waals surface area contributed by atoms with Crippen LogP contribution in [0.2, 0.25) is 0 Å². The molecule has 0 saturated carbocycles. The Morgan fingerprint density at radius 2 is 2.15 bits per heavy atom. The van der Waals surface area contributed by atoms with Gasteiger partial charge in [0.25, 0.3) is 0 Å². The number of hydrogen-bond donors (Lipinski definition) is 2. The molecular weight excluding hydrogens is 272 g/mol. The summed E-state index contributed by atoms with van der Waals surface area (Å²) in [6, 6.07) is 3.89. The number of aryl methyl sites for hydroxylation is 2. The zero-order valence-electron chi connectivity index (χ0n) is 12.3. The summed E-state index contributed by atoms with van der Waals surface area (Å²) in [5.41, 5.74) is 2.42. The van der Waals surface area contributed by atoms with E-state index in [-0.39, 0.29) is 11.4 Å². The molecule has 0 aromatic carbocycles. The largest absolute Gasteiger partial charge is 0.351 e. The van der Waals surface area contributed by atoms with Crippen LogP contribution in [-0.4, -0.2) is 26.0 Å². The van der Waals surface area contributed by atoms with Crippen molar-refractivity contribution in [3.05, 3.63) is 22.6 Å². The van der Waals surface area contributed by atoms with Crippen LogP contribution in [0.5, 0.6) is 0 Å². The van der Waals surface area contributed by atoms with Crippen molar-refractivity contribution in [3.63, 3.8) is 0 Å². The van der Waals surface area contributed by atoms with Crippen LogP contribution < -0.4 is 5.32 Å². The number of nitrogens with one attached hydrogen (secondary N) is 2. The molecule has 0 unspecified atom stereocenters. The predicted octanol–water partition coefficient (Wildman–Crippen LogP) is 2.71. The average Bonchev–Trinajstić information content (AvgIpc) is 2.59. The fraction of sp³-hybridized carbons (Fsp3) is 0.500. The number of nitrogens with zero attached hydrogens (tertiary/aromatic N) is 2. The molecule has 2 rings (SSSR count). The standard InChI is InChI=1S/C14H20N4OS/c1-9-5-6-10-12(15-9)18(13(20)16-10)8-7-11(19)17-14(2,3)4/h5-6H,7-8H2,1-4H3,(H,16,20)(H,17,19). The number of hydrogen-bond acceptors (Lipinski definition) is 3. The van der Waals surface area contributed by atoms with E-state index in [2.05, 4.69) is 15.3 Å².